The van der Waals surface area contributed by atoms with Crippen molar-refractivity contribution in [2.75, 3.05) is 18.2 Å². The van der Waals surface area contributed by atoms with Crippen LogP contribution < -0.4 is 15.4 Å². The third-order valence-electron chi connectivity index (χ3n) is 5.54. The second-order valence-electron chi connectivity index (χ2n) is 8.36. The van der Waals surface area contributed by atoms with E-state index >= 15 is 0 Å². The van der Waals surface area contributed by atoms with E-state index in [1.807, 2.05) is 36.4 Å². The Morgan fingerprint density at radius 3 is 2.36 bits per heavy atom. The fraction of sp³-hybridized carbons (Fsp3) is 0.0645. The Balaban J connectivity index is 1.48. The molecule has 0 radical (unpaired) electrons. The van der Waals surface area contributed by atoms with Crippen LogP contribution in [0.4, 0.5) is 5.69 Å². The first-order valence-corrected chi connectivity index (χ1v) is 13.7. The number of carbonyl (C=O) groups is 3. The van der Waals surface area contributed by atoms with Gasteiger partial charge < -0.3 is 15.4 Å². The quantitative estimate of drug-likeness (QED) is 0.118. The van der Waals surface area contributed by atoms with Crippen LogP contribution in [0.25, 0.3) is 6.08 Å². The van der Waals surface area contributed by atoms with E-state index in [0.717, 1.165) is 14.9 Å². The minimum absolute atomic E-state index is 0.0313. The number of anilines is 1. The lowest BCUT2D eigenvalue weighted by Gasteiger charge is -2.12. The van der Waals surface area contributed by atoms with Gasteiger partial charge in [0.15, 0.2) is 5.78 Å². The Bertz CT molecular complexity index is 1520. The van der Waals surface area contributed by atoms with Crippen molar-refractivity contribution in [2.24, 2.45) is 0 Å². The van der Waals surface area contributed by atoms with Gasteiger partial charge in [0, 0.05) is 26.2 Å². The molecule has 196 valence electrons. The lowest BCUT2D eigenvalue weighted by molar-refractivity contribution is -0.113. The standard InChI is InChI=1S/C31H25BrN2O4S/c1-38-26-14-6-11-23(18-26)29(35)20-39-27-15-7-13-25(19-27)33-31(37)28(17-21-8-5-12-24(32)16-21)34-30(36)22-9-3-2-4-10-22/h2-19H,20H2,1H3,(H,33,37)(H,34,36)/b28-17-. The molecule has 4 rings (SSSR count). The highest BCUT2D eigenvalue weighted by molar-refractivity contribution is 9.10. The number of hydrogen-bond acceptors (Lipinski definition) is 5. The van der Waals surface area contributed by atoms with Crippen LogP contribution in [0.3, 0.4) is 0 Å². The topological polar surface area (TPSA) is 84.5 Å². The number of methoxy groups -OCH3 is 1. The highest BCUT2D eigenvalue weighted by atomic mass is 79.9. The zero-order valence-corrected chi connectivity index (χ0v) is 23.4. The van der Waals surface area contributed by atoms with Crippen LogP contribution in [0.1, 0.15) is 26.3 Å². The van der Waals surface area contributed by atoms with Crippen molar-refractivity contribution in [2.45, 2.75) is 4.90 Å². The summed E-state index contributed by atoms with van der Waals surface area (Å²) >= 11 is 4.80. The molecule has 0 aliphatic rings. The van der Waals surface area contributed by atoms with E-state index in [4.69, 9.17) is 4.74 Å². The Kier molecular flexibility index (Phi) is 9.72. The molecule has 39 heavy (non-hydrogen) atoms. The number of Topliss-reactive ketones (excluding diaryl/α,β-unsaturated/α-hetero) is 1. The summed E-state index contributed by atoms with van der Waals surface area (Å²) in [5.41, 5.74) is 2.37. The highest BCUT2D eigenvalue weighted by Gasteiger charge is 2.16. The maximum absolute atomic E-state index is 13.3. The lowest BCUT2D eigenvalue weighted by atomic mass is 10.1. The smallest absolute Gasteiger partial charge is 0.272 e. The fourth-order valence-electron chi connectivity index (χ4n) is 3.60. The number of nitrogens with one attached hydrogen (secondary N) is 2. The van der Waals surface area contributed by atoms with Crippen molar-refractivity contribution in [3.05, 3.63) is 130 Å². The molecule has 4 aromatic carbocycles. The van der Waals surface area contributed by atoms with Crippen LogP contribution in [0.5, 0.6) is 5.75 Å². The SMILES string of the molecule is COc1cccc(C(=O)CSc2cccc(NC(=O)/C(=C/c3cccc(Br)c3)NC(=O)c3ccccc3)c2)c1. The number of ketones is 1. The summed E-state index contributed by atoms with van der Waals surface area (Å²) in [5, 5.41) is 5.60. The first-order chi connectivity index (χ1) is 18.9. The summed E-state index contributed by atoms with van der Waals surface area (Å²) < 4.78 is 6.05. The molecule has 8 heteroatoms. The Morgan fingerprint density at radius 1 is 0.846 bits per heavy atom. The normalized spacial score (nSPS) is 11.0. The van der Waals surface area contributed by atoms with E-state index in [2.05, 4.69) is 26.6 Å². The summed E-state index contributed by atoms with van der Waals surface area (Å²) in [6, 6.07) is 30.3. The minimum atomic E-state index is -0.478. The molecule has 0 unspecified atom stereocenters. The number of hydrogen-bond donors (Lipinski definition) is 2. The maximum atomic E-state index is 13.3. The van der Waals surface area contributed by atoms with Crippen molar-refractivity contribution in [3.8, 4) is 5.75 Å². The van der Waals surface area contributed by atoms with Gasteiger partial charge in [-0.05, 0) is 66.2 Å². The molecule has 0 fully saturated rings. The van der Waals surface area contributed by atoms with Gasteiger partial charge in [0.25, 0.3) is 11.8 Å². The average molecular weight is 602 g/mol. The van der Waals surface area contributed by atoms with Crippen molar-refractivity contribution >= 4 is 57.1 Å². The second kappa shape index (κ2) is 13.6. The first-order valence-electron chi connectivity index (χ1n) is 12.0. The molecular formula is C31H25BrN2O4S. The van der Waals surface area contributed by atoms with Crippen molar-refractivity contribution in [1.82, 2.24) is 5.32 Å². The molecule has 0 aromatic heterocycles. The summed E-state index contributed by atoms with van der Waals surface area (Å²) in [6.45, 7) is 0. The van der Waals surface area contributed by atoms with Crippen LogP contribution in [0.2, 0.25) is 0 Å². The number of halogens is 1. The van der Waals surface area contributed by atoms with Crippen LogP contribution in [0.15, 0.2) is 118 Å². The van der Waals surface area contributed by atoms with Gasteiger partial charge in [0.2, 0.25) is 0 Å². The first kappa shape index (κ1) is 27.9. The third kappa shape index (κ3) is 8.17. The summed E-state index contributed by atoms with van der Waals surface area (Å²) in [7, 11) is 1.56. The molecule has 0 saturated carbocycles. The molecule has 0 saturated heterocycles. The van der Waals surface area contributed by atoms with E-state index in [-0.39, 0.29) is 17.2 Å². The zero-order valence-electron chi connectivity index (χ0n) is 21.0. The van der Waals surface area contributed by atoms with Crippen LogP contribution >= 0.6 is 27.7 Å². The van der Waals surface area contributed by atoms with E-state index in [1.54, 1.807) is 79.9 Å². The number of amides is 2. The second-order valence-corrected chi connectivity index (χ2v) is 10.3. The molecule has 0 aliphatic carbocycles. The molecule has 0 bridgehead atoms. The van der Waals surface area contributed by atoms with Gasteiger partial charge in [0.05, 0.1) is 12.9 Å². The summed E-state index contributed by atoms with van der Waals surface area (Å²) in [5.74, 6) is -0.0507. The molecule has 2 amide bonds. The van der Waals surface area contributed by atoms with Crippen LogP contribution in [0, 0.1) is 0 Å². The lowest BCUT2D eigenvalue weighted by Crippen LogP contribution is -2.30. The molecular weight excluding hydrogens is 576 g/mol. The Morgan fingerprint density at radius 2 is 1.59 bits per heavy atom. The third-order valence-corrected chi connectivity index (χ3v) is 7.03. The molecule has 2 N–H and O–H groups in total. The average Bonchev–Trinajstić information content (AvgIpc) is 2.96. The monoisotopic (exact) mass is 600 g/mol. The molecule has 4 aromatic rings. The predicted octanol–water partition coefficient (Wildman–Crippen LogP) is 6.84. The minimum Gasteiger partial charge on any atom is -0.497 e. The highest BCUT2D eigenvalue weighted by Crippen LogP contribution is 2.24. The van der Waals surface area contributed by atoms with Crippen LogP contribution in [-0.4, -0.2) is 30.5 Å². The molecule has 0 spiro atoms. The van der Waals surface area contributed by atoms with Gasteiger partial charge in [0.1, 0.15) is 11.4 Å². The zero-order chi connectivity index (χ0) is 27.6. The molecule has 0 atom stereocenters. The maximum Gasteiger partial charge on any atom is 0.272 e. The van der Waals surface area contributed by atoms with Crippen LogP contribution in [-0.2, 0) is 4.79 Å². The number of carbonyl (C=O) groups excluding carboxylic acids is 3. The Labute approximate surface area is 239 Å². The fourth-order valence-corrected chi connectivity index (χ4v) is 4.86. The van der Waals surface area contributed by atoms with Gasteiger partial charge in [-0.2, -0.15) is 0 Å². The number of benzene rings is 4. The van der Waals surface area contributed by atoms with E-state index < -0.39 is 11.8 Å². The van der Waals surface area contributed by atoms with E-state index in [0.29, 0.717) is 22.6 Å². The van der Waals surface area contributed by atoms with Gasteiger partial charge in [-0.3, -0.25) is 14.4 Å². The summed E-state index contributed by atoms with van der Waals surface area (Å²) in [6.07, 6.45) is 1.62. The van der Waals surface area contributed by atoms with Gasteiger partial charge in [-0.15, -0.1) is 11.8 Å². The number of thioether (sulfide) groups is 1. The van der Waals surface area contributed by atoms with Crippen molar-refractivity contribution in [1.29, 1.82) is 0 Å². The Hall–Kier alpha value is -4.14. The van der Waals surface area contributed by atoms with E-state index in [9.17, 15) is 14.4 Å². The number of ether oxygens (including phenoxy) is 1. The molecule has 0 aliphatic heterocycles. The van der Waals surface area contributed by atoms with Crippen molar-refractivity contribution in [3.63, 3.8) is 0 Å². The predicted molar refractivity (Wildman–Crippen MR) is 159 cm³/mol. The summed E-state index contributed by atoms with van der Waals surface area (Å²) in [4.78, 5) is 39.6. The van der Waals surface area contributed by atoms with Crippen molar-refractivity contribution < 1.29 is 19.1 Å². The van der Waals surface area contributed by atoms with Gasteiger partial charge in [-0.1, -0.05) is 64.5 Å². The van der Waals surface area contributed by atoms with Gasteiger partial charge in [-0.25, -0.2) is 0 Å². The molecule has 0 heterocycles. The molecule has 6 nitrogen and oxygen atoms in total. The van der Waals surface area contributed by atoms with Gasteiger partial charge >= 0.3 is 0 Å². The van der Waals surface area contributed by atoms with E-state index in [1.165, 1.54) is 11.8 Å². The largest absolute Gasteiger partial charge is 0.497 e. The number of rotatable bonds is 10.